The lowest BCUT2D eigenvalue weighted by Gasteiger charge is -2.30. The standard InChI is InChI=1S/C22H20ClFO3/c1-3-27-22(26)21-16(20-17(23)8-5-9-18(20)24)11-15(12-19(21)25)14-7-4-6-13(2)10-14/h4-10,12,16,21H,3,11H2,1-2H3/t16-,21-/m1/s1. The van der Waals surface area contributed by atoms with E-state index in [0.717, 1.165) is 16.7 Å². The zero-order chi connectivity index (χ0) is 19.6. The second-order valence-corrected chi connectivity index (χ2v) is 7.02. The topological polar surface area (TPSA) is 43.4 Å². The van der Waals surface area contributed by atoms with Gasteiger partial charge in [-0.2, -0.15) is 0 Å². The molecule has 2 atom stereocenters. The zero-order valence-corrected chi connectivity index (χ0v) is 15.9. The predicted octanol–water partition coefficient (Wildman–Crippen LogP) is 5.11. The summed E-state index contributed by atoms with van der Waals surface area (Å²) in [6, 6.07) is 12.1. The second-order valence-electron chi connectivity index (χ2n) is 6.62. The van der Waals surface area contributed by atoms with Crippen LogP contribution in [0.4, 0.5) is 4.39 Å². The zero-order valence-electron chi connectivity index (χ0n) is 15.2. The normalized spacial score (nSPS) is 19.6. The van der Waals surface area contributed by atoms with Crippen LogP contribution in [0.5, 0.6) is 0 Å². The Balaban J connectivity index is 2.11. The van der Waals surface area contributed by atoms with Crippen molar-refractivity contribution in [3.8, 4) is 0 Å². The summed E-state index contributed by atoms with van der Waals surface area (Å²) in [5.41, 5.74) is 2.87. The molecule has 0 spiro atoms. The molecule has 2 aromatic carbocycles. The van der Waals surface area contributed by atoms with Crippen LogP contribution in [0.2, 0.25) is 5.02 Å². The molecule has 27 heavy (non-hydrogen) atoms. The van der Waals surface area contributed by atoms with E-state index < -0.39 is 23.6 Å². The van der Waals surface area contributed by atoms with Crippen LogP contribution in [0.3, 0.4) is 0 Å². The number of aryl methyl sites for hydroxylation is 1. The molecule has 0 fully saturated rings. The molecule has 5 heteroatoms. The molecule has 0 saturated carbocycles. The molecular formula is C22H20ClFO3. The minimum absolute atomic E-state index is 0.148. The molecule has 3 rings (SSSR count). The molecular weight excluding hydrogens is 367 g/mol. The number of esters is 1. The Bertz CT molecular complexity index is 899. The number of hydrogen-bond acceptors (Lipinski definition) is 3. The minimum atomic E-state index is -1.10. The van der Waals surface area contributed by atoms with Gasteiger partial charge < -0.3 is 4.74 Å². The molecule has 0 radical (unpaired) electrons. The number of carbonyl (C=O) groups excluding carboxylic acids is 2. The van der Waals surface area contributed by atoms with Gasteiger partial charge in [-0.25, -0.2) is 4.39 Å². The third-order valence-electron chi connectivity index (χ3n) is 4.77. The smallest absolute Gasteiger partial charge is 0.317 e. The molecule has 140 valence electrons. The number of hydrogen-bond donors (Lipinski definition) is 0. The molecule has 1 aliphatic rings. The number of allylic oxidation sites excluding steroid dienone is 2. The van der Waals surface area contributed by atoms with Crippen LogP contribution < -0.4 is 0 Å². The number of ketones is 1. The number of ether oxygens (including phenoxy) is 1. The van der Waals surface area contributed by atoms with Crippen molar-refractivity contribution < 1.29 is 18.7 Å². The summed E-state index contributed by atoms with van der Waals surface area (Å²) in [6.45, 7) is 3.78. The molecule has 0 N–H and O–H groups in total. The Morgan fingerprint density at radius 3 is 2.67 bits per heavy atom. The molecule has 0 heterocycles. The fourth-order valence-electron chi connectivity index (χ4n) is 3.57. The molecule has 0 bridgehead atoms. The number of benzene rings is 2. The van der Waals surface area contributed by atoms with Crippen molar-refractivity contribution in [2.75, 3.05) is 6.61 Å². The quantitative estimate of drug-likeness (QED) is 0.542. The van der Waals surface area contributed by atoms with E-state index in [1.54, 1.807) is 13.0 Å². The summed E-state index contributed by atoms with van der Waals surface area (Å²) < 4.78 is 19.7. The first kappa shape index (κ1) is 19.3. The first-order valence-corrected chi connectivity index (χ1v) is 9.22. The maximum Gasteiger partial charge on any atom is 0.317 e. The van der Waals surface area contributed by atoms with Crippen LogP contribution in [-0.4, -0.2) is 18.4 Å². The van der Waals surface area contributed by atoms with Gasteiger partial charge in [0.25, 0.3) is 0 Å². The first-order chi connectivity index (χ1) is 12.9. The highest BCUT2D eigenvalue weighted by atomic mass is 35.5. The maximum absolute atomic E-state index is 14.6. The lowest BCUT2D eigenvalue weighted by atomic mass is 9.73. The molecule has 3 nitrogen and oxygen atoms in total. The summed E-state index contributed by atoms with van der Waals surface area (Å²) in [4.78, 5) is 25.3. The van der Waals surface area contributed by atoms with Crippen LogP contribution in [0, 0.1) is 18.7 Å². The summed E-state index contributed by atoms with van der Waals surface area (Å²) in [5, 5.41) is 0.201. The Hall–Kier alpha value is -2.46. The fraction of sp³-hybridized carbons (Fsp3) is 0.273. The van der Waals surface area contributed by atoms with Crippen LogP contribution in [0.15, 0.2) is 48.5 Å². The van der Waals surface area contributed by atoms with Gasteiger partial charge >= 0.3 is 5.97 Å². The van der Waals surface area contributed by atoms with E-state index in [0.29, 0.717) is 6.42 Å². The third-order valence-corrected chi connectivity index (χ3v) is 5.09. The largest absolute Gasteiger partial charge is 0.465 e. The lowest BCUT2D eigenvalue weighted by molar-refractivity contribution is -0.151. The van der Waals surface area contributed by atoms with Crippen LogP contribution in [0.25, 0.3) is 5.57 Å². The molecule has 0 unspecified atom stereocenters. The van der Waals surface area contributed by atoms with E-state index in [1.807, 2.05) is 31.2 Å². The highest BCUT2D eigenvalue weighted by molar-refractivity contribution is 6.31. The van der Waals surface area contributed by atoms with E-state index in [4.69, 9.17) is 16.3 Å². The van der Waals surface area contributed by atoms with Gasteiger partial charge in [0.05, 0.1) is 6.61 Å². The van der Waals surface area contributed by atoms with Gasteiger partial charge in [-0.3, -0.25) is 9.59 Å². The SMILES string of the molecule is CCOC(=O)[C@H]1C(=O)C=C(c2cccc(C)c2)C[C@@H]1c1c(F)cccc1Cl. The van der Waals surface area contributed by atoms with Gasteiger partial charge in [0.15, 0.2) is 5.78 Å². The predicted molar refractivity (Wildman–Crippen MR) is 103 cm³/mol. The molecule has 0 aliphatic heterocycles. The molecule has 2 aromatic rings. The first-order valence-electron chi connectivity index (χ1n) is 8.84. The fourth-order valence-corrected chi connectivity index (χ4v) is 3.87. The Kier molecular flexibility index (Phi) is 5.76. The van der Waals surface area contributed by atoms with Gasteiger partial charge in [0.1, 0.15) is 11.7 Å². The van der Waals surface area contributed by atoms with Crippen molar-refractivity contribution in [2.24, 2.45) is 5.92 Å². The molecule has 0 aromatic heterocycles. The van der Waals surface area contributed by atoms with Crippen molar-refractivity contribution in [3.63, 3.8) is 0 Å². The van der Waals surface area contributed by atoms with Gasteiger partial charge in [-0.1, -0.05) is 47.5 Å². The van der Waals surface area contributed by atoms with Crippen LogP contribution in [-0.2, 0) is 14.3 Å². The molecule has 1 aliphatic carbocycles. The maximum atomic E-state index is 14.6. The molecule has 0 saturated heterocycles. The summed E-state index contributed by atoms with van der Waals surface area (Å²) >= 11 is 6.25. The third kappa shape index (κ3) is 3.96. The van der Waals surface area contributed by atoms with Crippen LogP contribution >= 0.6 is 11.6 Å². The second kappa shape index (κ2) is 8.05. The van der Waals surface area contributed by atoms with Crippen molar-refractivity contribution in [3.05, 3.63) is 76.1 Å². The van der Waals surface area contributed by atoms with Crippen molar-refractivity contribution in [1.82, 2.24) is 0 Å². The van der Waals surface area contributed by atoms with Crippen molar-refractivity contribution in [2.45, 2.75) is 26.2 Å². The average molecular weight is 387 g/mol. The van der Waals surface area contributed by atoms with E-state index in [-0.39, 0.29) is 23.0 Å². The molecule has 0 amide bonds. The van der Waals surface area contributed by atoms with E-state index in [2.05, 4.69) is 0 Å². The summed E-state index contributed by atoms with van der Waals surface area (Å²) in [6.07, 6.45) is 1.79. The number of rotatable bonds is 4. The highest BCUT2D eigenvalue weighted by Gasteiger charge is 2.41. The van der Waals surface area contributed by atoms with Crippen molar-refractivity contribution >= 4 is 28.9 Å². The Morgan fingerprint density at radius 2 is 2.00 bits per heavy atom. The lowest BCUT2D eigenvalue weighted by Crippen LogP contribution is -2.34. The summed E-state index contributed by atoms with van der Waals surface area (Å²) in [5.74, 6) is -3.38. The van der Waals surface area contributed by atoms with Gasteiger partial charge in [0.2, 0.25) is 0 Å². The Labute approximate surface area is 162 Å². The number of carbonyl (C=O) groups is 2. The van der Waals surface area contributed by atoms with Gasteiger partial charge in [-0.15, -0.1) is 0 Å². The minimum Gasteiger partial charge on any atom is -0.465 e. The van der Waals surface area contributed by atoms with Crippen molar-refractivity contribution in [1.29, 1.82) is 0 Å². The van der Waals surface area contributed by atoms with Crippen LogP contribution in [0.1, 0.15) is 36.0 Å². The Morgan fingerprint density at radius 1 is 1.26 bits per heavy atom. The van der Waals surface area contributed by atoms with E-state index in [9.17, 15) is 14.0 Å². The number of halogens is 2. The summed E-state index contributed by atoms with van der Waals surface area (Å²) in [7, 11) is 0. The van der Waals surface area contributed by atoms with Gasteiger partial charge in [0, 0.05) is 16.5 Å². The van der Waals surface area contributed by atoms with E-state index >= 15 is 0 Å². The monoisotopic (exact) mass is 386 g/mol. The average Bonchev–Trinajstić information content (AvgIpc) is 2.61. The van der Waals surface area contributed by atoms with E-state index in [1.165, 1.54) is 18.2 Å². The highest BCUT2D eigenvalue weighted by Crippen LogP contribution is 2.43. The van der Waals surface area contributed by atoms with Gasteiger partial charge in [-0.05, 0) is 49.6 Å².